The Hall–Kier alpha value is -1.27. The molecule has 0 saturated heterocycles. The van der Waals surface area contributed by atoms with Crippen LogP contribution in [0.1, 0.15) is 5.56 Å². The Morgan fingerprint density at radius 1 is 1.33 bits per heavy atom. The van der Waals surface area contributed by atoms with Crippen LogP contribution in [-0.4, -0.2) is 39.4 Å². The molecule has 0 spiro atoms. The number of nitrogens with zero attached hydrogens (tertiary/aromatic N) is 2. The Kier molecular flexibility index (Phi) is 17.3. The van der Waals surface area contributed by atoms with Crippen LogP contribution in [0.15, 0.2) is 29.6 Å². The molecule has 0 aliphatic rings. The monoisotopic (exact) mass is 332 g/mol. The molecule has 0 saturated carbocycles. The minimum absolute atomic E-state index is 0. The molecule has 0 amide bonds. The zero-order chi connectivity index (χ0) is 11.9. The van der Waals surface area contributed by atoms with Crippen LogP contribution in [0.3, 0.4) is 0 Å². The number of hydrogen-bond acceptors (Lipinski definition) is 7. The van der Waals surface area contributed by atoms with Crippen molar-refractivity contribution >= 4 is 16.3 Å². The predicted octanol–water partition coefficient (Wildman–Crippen LogP) is -3.59. The van der Waals surface area contributed by atoms with E-state index in [-0.39, 0.29) is 28.0 Å². The molecule has 1 aromatic heterocycles. The van der Waals surface area contributed by atoms with Gasteiger partial charge in [-0.3, -0.25) is 9.54 Å². The van der Waals surface area contributed by atoms with Crippen molar-refractivity contribution < 1.29 is 50.7 Å². The fourth-order valence-corrected chi connectivity index (χ4v) is 0.569. The third-order valence-electron chi connectivity index (χ3n) is 1.04. The standard InChI is InChI=1S/C6H7N3O.Cu.H2O4S.2H2O/c7-9-6(10)5-1-3-8-4-2-5;;1-5(2,3)4;;/h1-4H,7H2,(H,9,10);;(H2,1,2,3,4);2*1H2/q;+2;;;/p-2. The number of nitrogens with two attached hydrogens (primary N) is 1. The third-order valence-corrected chi connectivity index (χ3v) is 1.04. The van der Waals surface area contributed by atoms with Gasteiger partial charge in [0.25, 0.3) is 0 Å². The van der Waals surface area contributed by atoms with Gasteiger partial charge in [0, 0.05) is 18.3 Å². The van der Waals surface area contributed by atoms with Gasteiger partial charge in [-0.25, -0.2) is 8.42 Å². The first-order valence-corrected chi connectivity index (χ1v) is 4.74. The molecule has 0 bridgehead atoms. The van der Waals surface area contributed by atoms with E-state index in [1.54, 1.807) is 12.1 Å². The van der Waals surface area contributed by atoms with Crippen LogP contribution >= 0.6 is 0 Å². The minimum atomic E-state index is -4.92. The van der Waals surface area contributed by atoms with Gasteiger partial charge in [-0.2, -0.15) is 5.10 Å². The molecule has 0 aliphatic heterocycles. The zero-order valence-electron chi connectivity index (χ0n) is 8.57. The molecule has 0 unspecified atom stereocenters. The van der Waals surface area contributed by atoms with Crippen LogP contribution < -0.4 is 10.9 Å². The second kappa shape index (κ2) is 12.2. The largest absolute Gasteiger partial charge is 2.00 e. The van der Waals surface area contributed by atoms with E-state index in [1.165, 1.54) is 12.4 Å². The minimum Gasteiger partial charge on any atom is -0.857 e. The molecule has 0 fully saturated rings. The van der Waals surface area contributed by atoms with E-state index >= 15 is 0 Å². The summed E-state index contributed by atoms with van der Waals surface area (Å²) in [6, 6.07) is 3.11. The van der Waals surface area contributed by atoms with Crippen LogP contribution in [0.4, 0.5) is 0 Å². The van der Waals surface area contributed by atoms with Crippen LogP contribution in [0.5, 0.6) is 0 Å². The van der Waals surface area contributed by atoms with Crippen molar-refractivity contribution in [3.63, 3.8) is 0 Å². The summed E-state index contributed by atoms with van der Waals surface area (Å²) in [4.78, 5) is 3.73. The van der Waals surface area contributed by atoms with E-state index in [0.29, 0.717) is 5.56 Å². The van der Waals surface area contributed by atoms with E-state index in [9.17, 15) is 5.11 Å². The first kappa shape index (κ1) is 25.5. The first-order valence-electron chi connectivity index (χ1n) is 3.38. The van der Waals surface area contributed by atoms with E-state index in [2.05, 4.69) is 10.1 Å². The average Bonchev–Trinajstić information content (AvgIpc) is 2.15. The molecule has 7 N–H and O–H groups in total. The van der Waals surface area contributed by atoms with Crippen molar-refractivity contribution in [2.45, 2.75) is 0 Å². The Morgan fingerprint density at radius 2 is 1.67 bits per heavy atom. The molecule has 109 valence electrons. The van der Waals surface area contributed by atoms with E-state index < -0.39 is 16.3 Å². The summed E-state index contributed by atoms with van der Waals surface area (Å²) in [6.07, 6.45) is 3.02. The molecular formula is C6H11CuN3O7S. The molecule has 12 heteroatoms. The maximum atomic E-state index is 10.7. The van der Waals surface area contributed by atoms with Gasteiger partial charge in [0.2, 0.25) is 10.4 Å². The molecule has 18 heavy (non-hydrogen) atoms. The number of hydrazone groups is 1. The first-order chi connectivity index (χ1) is 6.84. The summed E-state index contributed by atoms with van der Waals surface area (Å²) < 4.78 is 32.8. The normalized spacial score (nSPS) is 9.56. The Bertz CT molecular complexity index is 416. The van der Waals surface area contributed by atoms with Gasteiger partial charge in [-0.1, -0.05) is 0 Å². The third kappa shape index (κ3) is 17.1. The maximum Gasteiger partial charge on any atom is 2.00 e. The maximum absolute atomic E-state index is 10.7. The van der Waals surface area contributed by atoms with Crippen molar-refractivity contribution in [2.24, 2.45) is 10.9 Å². The van der Waals surface area contributed by atoms with Gasteiger partial charge in [0.1, 0.15) is 0 Å². The summed E-state index contributed by atoms with van der Waals surface area (Å²) >= 11 is 0. The van der Waals surface area contributed by atoms with Crippen LogP contribution in [0.2, 0.25) is 0 Å². The van der Waals surface area contributed by atoms with Crippen molar-refractivity contribution in [2.75, 3.05) is 0 Å². The number of rotatable bonds is 1. The molecule has 10 nitrogen and oxygen atoms in total. The second-order valence-electron chi connectivity index (χ2n) is 2.10. The number of pyridine rings is 1. The smallest absolute Gasteiger partial charge is 0.857 e. The zero-order valence-corrected chi connectivity index (χ0v) is 10.3. The summed E-state index contributed by atoms with van der Waals surface area (Å²) in [5.74, 6) is 4.33. The summed E-state index contributed by atoms with van der Waals surface area (Å²) in [7, 11) is -4.92. The van der Waals surface area contributed by atoms with Crippen molar-refractivity contribution in [1.82, 2.24) is 4.98 Å². The van der Waals surface area contributed by atoms with Crippen LogP contribution in [0.25, 0.3) is 0 Å². The molecule has 1 aromatic rings. The average molecular weight is 333 g/mol. The fraction of sp³-hybridized carbons (Fsp3) is 0. The SMILES string of the molecule is N/N=C(/[O-])c1ccncc1.O.O.O=S(=O)([O-])O.[Cu+2]. The van der Waals surface area contributed by atoms with Crippen molar-refractivity contribution in [3.8, 4) is 0 Å². The van der Waals surface area contributed by atoms with Gasteiger partial charge in [-0.05, 0) is 17.7 Å². The Labute approximate surface area is 113 Å². The van der Waals surface area contributed by atoms with Crippen molar-refractivity contribution in [3.05, 3.63) is 30.1 Å². The topological polar surface area (TPSA) is 215 Å². The van der Waals surface area contributed by atoms with Crippen molar-refractivity contribution in [1.29, 1.82) is 0 Å². The Balaban J connectivity index is -0.000000109. The van der Waals surface area contributed by atoms with Gasteiger partial charge >= 0.3 is 17.1 Å². The Morgan fingerprint density at radius 3 is 1.94 bits per heavy atom. The molecule has 1 heterocycles. The summed E-state index contributed by atoms with van der Waals surface area (Å²) in [6.45, 7) is 0. The summed E-state index contributed by atoms with van der Waals surface area (Å²) in [5, 5.41) is 13.7. The molecule has 0 aliphatic carbocycles. The van der Waals surface area contributed by atoms with E-state index in [4.69, 9.17) is 23.4 Å². The summed E-state index contributed by atoms with van der Waals surface area (Å²) in [5.41, 5.74) is 0.456. The molecule has 0 atom stereocenters. The molecule has 0 aromatic carbocycles. The fourth-order valence-electron chi connectivity index (χ4n) is 0.569. The van der Waals surface area contributed by atoms with E-state index in [0.717, 1.165) is 0 Å². The van der Waals surface area contributed by atoms with Gasteiger partial charge in [-0.15, -0.1) is 0 Å². The van der Waals surface area contributed by atoms with Crippen LogP contribution in [0, 0.1) is 0 Å². The quantitative estimate of drug-likeness (QED) is 0.1000. The molecule has 1 radical (unpaired) electrons. The molecule has 1 rings (SSSR count). The second-order valence-corrected chi connectivity index (χ2v) is 2.95. The number of aromatic nitrogens is 1. The number of hydrogen-bond donors (Lipinski definition) is 2. The molecular weight excluding hydrogens is 322 g/mol. The van der Waals surface area contributed by atoms with Gasteiger partial charge in [0.05, 0.1) is 0 Å². The van der Waals surface area contributed by atoms with Gasteiger partial charge in [0.15, 0.2) is 0 Å². The van der Waals surface area contributed by atoms with Gasteiger partial charge < -0.3 is 26.5 Å². The van der Waals surface area contributed by atoms with Crippen LogP contribution in [-0.2, 0) is 27.5 Å². The van der Waals surface area contributed by atoms with E-state index in [1.807, 2.05) is 0 Å². The predicted molar refractivity (Wildman–Crippen MR) is 54.5 cm³/mol.